The van der Waals surface area contributed by atoms with Crippen molar-refractivity contribution in [3.05, 3.63) is 35.9 Å². The van der Waals surface area contributed by atoms with E-state index < -0.39 is 18.1 Å². The molecule has 3 atom stereocenters. The predicted octanol–water partition coefficient (Wildman–Crippen LogP) is 0.709. The van der Waals surface area contributed by atoms with E-state index in [2.05, 4.69) is 11.4 Å². The van der Waals surface area contributed by atoms with Gasteiger partial charge in [-0.25, -0.2) is 0 Å². The molecule has 5 N–H and O–H groups in total. The molecule has 1 rings (SSSR count). The number of unbranched alkanes of at least 4 members (excludes halogenated alkanes) is 1. The number of nitrogens with two attached hydrogens (primary N) is 2. The topological polar surface area (TPSA) is 114 Å². The number of ether oxygens (including phenoxy) is 1. The van der Waals surface area contributed by atoms with Crippen LogP contribution in [0.25, 0.3) is 0 Å². The number of hydrogen-bond acceptors (Lipinski definition) is 6. The van der Waals surface area contributed by atoms with Crippen molar-refractivity contribution in [1.29, 1.82) is 5.26 Å². The number of carbonyl (C=O) groups is 1. The van der Waals surface area contributed by atoms with Gasteiger partial charge in [-0.05, 0) is 31.4 Å². The standard InChI is InChI=1S/C17H26N4O2/c1-23-17(22)15(9-5-6-10-18)21-16(12-19)14(20)11-13-7-3-2-4-8-13/h2-4,7-8,14-16,21H,5-6,9-11,18,20H2,1H3/t14-,15-,16?/m0/s1. The Kier molecular flexibility index (Phi) is 8.91. The third-order valence-corrected chi connectivity index (χ3v) is 3.69. The van der Waals surface area contributed by atoms with Crippen molar-refractivity contribution in [2.75, 3.05) is 13.7 Å². The first-order valence-corrected chi connectivity index (χ1v) is 7.85. The van der Waals surface area contributed by atoms with Crippen LogP contribution in [0.4, 0.5) is 0 Å². The SMILES string of the molecule is COC(=O)[C@H](CCCCN)NC(C#N)[C@@H](N)Cc1ccccc1. The Labute approximate surface area is 137 Å². The van der Waals surface area contributed by atoms with Crippen LogP contribution in [0.5, 0.6) is 0 Å². The summed E-state index contributed by atoms with van der Waals surface area (Å²) in [6.07, 6.45) is 2.74. The Morgan fingerprint density at radius 3 is 2.61 bits per heavy atom. The van der Waals surface area contributed by atoms with Gasteiger partial charge in [0, 0.05) is 6.04 Å². The number of methoxy groups -OCH3 is 1. The minimum Gasteiger partial charge on any atom is -0.468 e. The lowest BCUT2D eigenvalue weighted by Gasteiger charge is -2.24. The summed E-state index contributed by atoms with van der Waals surface area (Å²) in [5, 5.41) is 12.4. The van der Waals surface area contributed by atoms with Crippen LogP contribution in [-0.4, -0.2) is 37.7 Å². The Morgan fingerprint density at radius 2 is 2.04 bits per heavy atom. The molecule has 1 unspecified atom stereocenters. The monoisotopic (exact) mass is 318 g/mol. The summed E-state index contributed by atoms with van der Waals surface area (Å²) >= 11 is 0. The van der Waals surface area contributed by atoms with Gasteiger partial charge in [-0.1, -0.05) is 36.8 Å². The molecule has 0 aliphatic heterocycles. The van der Waals surface area contributed by atoms with Crippen LogP contribution < -0.4 is 16.8 Å². The number of carbonyl (C=O) groups excluding carboxylic acids is 1. The number of nitriles is 1. The minimum atomic E-state index is -0.628. The molecule has 0 fully saturated rings. The Bertz CT molecular complexity index is 501. The Balaban J connectivity index is 2.66. The highest BCUT2D eigenvalue weighted by Crippen LogP contribution is 2.08. The molecule has 1 aromatic rings. The van der Waals surface area contributed by atoms with Crippen LogP contribution >= 0.6 is 0 Å². The fourth-order valence-corrected chi connectivity index (χ4v) is 2.38. The van der Waals surface area contributed by atoms with Crippen LogP contribution in [0, 0.1) is 11.3 Å². The van der Waals surface area contributed by atoms with Crippen molar-refractivity contribution in [3.8, 4) is 6.07 Å². The molecular formula is C17H26N4O2. The highest BCUT2D eigenvalue weighted by Gasteiger charge is 2.26. The molecule has 0 radical (unpaired) electrons. The van der Waals surface area contributed by atoms with Crippen LogP contribution in [0.3, 0.4) is 0 Å². The smallest absolute Gasteiger partial charge is 0.322 e. The number of hydrogen-bond donors (Lipinski definition) is 3. The van der Waals surface area contributed by atoms with E-state index in [1.54, 1.807) is 0 Å². The highest BCUT2D eigenvalue weighted by atomic mass is 16.5. The summed E-state index contributed by atoms with van der Waals surface area (Å²) in [4.78, 5) is 11.9. The molecule has 0 aliphatic carbocycles. The van der Waals surface area contributed by atoms with E-state index in [-0.39, 0.29) is 5.97 Å². The summed E-state index contributed by atoms with van der Waals surface area (Å²) in [6, 6.07) is 10.3. The predicted molar refractivity (Wildman–Crippen MR) is 89.4 cm³/mol. The normalized spacial score (nSPS) is 14.5. The Hall–Kier alpha value is -1.94. The molecule has 126 valence electrons. The first kappa shape index (κ1) is 19.1. The fraction of sp³-hybridized carbons (Fsp3) is 0.529. The summed E-state index contributed by atoms with van der Waals surface area (Å²) in [5.41, 5.74) is 12.7. The average Bonchev–Trinajstić information content (AvgIpc) is 2.58. The molecule has 0 aliphatic rings. The summed E-state index contributed by atoms with van der Waals surface area (Å²) in [5.74, 6) is -0.380. The van der Waals surface area contributed by atoms with Crippen molar-refractivity contribution in [2.45, 2.75) is 43.8 Å². The van der Waals surface area contributed by atoms with Gasteiger partial charge < -0.3 is 16.2 Å². The summed E-state index contributed by atoms with van der Waals surface area (Å²) in [6.45, 7) is 0.573. The van der Waals surface area contributed by atoms with Gasteiger partial charge in [-0.3, -0.25) is 10.1 Å². The molecule has 0 saturated heterocycles. The molecule has 6 nitrogen and oxygen atoms in total. The fourth-order valence-electron chi connectivity index (χ4n) is 2.38. The maximum Gasteiger partial charge on any atom is 0.322 e. The second-order valence-corrected chi connectivity index (χ2v) is 5.49. The number of rotatable bonds is 10. The van der Waals surface area contributed by atoms with Crippen molar-refractivity contribution in [3.63, 3.8) is 0 Å². The second-order valence-electron chi connectivity index (χ2n) is 5.49. The van der Waals surface area contributed by atoms with E-state index in [9.17, 15) is 10.1 Å². The van der Waals surface area contributed by atoms with Crippen molar-refractivity contribution < 1.29 is 9.53 Å². The van der Waals surface area contributed by atoms with E-state index in [1.165, 1.54) is 7.11 Å². The van der Waals surface area contributed by atoms with Crippen molar-refractivity contribution in [1.82, 2.24) is 5.32 Å². The van der Waals surface area contributed by atoms with E-state index >= 15 is 0 Å². The second kappa shape index (κ2) is 10.7. The lowest BCUT2D eigenvalue weighted by molar-refractivity contribution is -0.143. The summed E-state index contributed by atoms with van der Waals surface area (Å²) in [7, 11) is 1.34. The molecular weight excluding hydrogens is 292 g/mol. The first-order valence-electron chi connectivity index (χ1n) is 7.85. The van der Waals surface area contributed by atoms with Gasteiger partial charge >= 0.3 is 5.97 Å². The van der Waals surface area contributed by atoms with Gasteiger partial charge in [0.25, 0.3) is 0 Å². The Morgan fingerprint density at radius 1 is 1.35 bits per heavy atom. The molecule has 0 saturated carbocycles. The van der Waals surface area contributed by atoms with E-state index in [1.807, 2.05) is 30.3 Å². The first-order chi connectivity index (χ1) is 11.1. The van der Waals surface area contributed by atoms with Crippen molar-refractivity contribution in [2.24, 2.45) is 11.5 Å². The van der Waals surface area contributed by atoms with E-state index in [0.29, 0.717) is 19.4 Å². The molecule has 0 aromatic heterocycles. The van der Waals surface area contributed by atoms with E-state index in [0.717, 1.165) is 18.4 Å². The lowest BCUT2D eigenvalue weighted by atomic mass is 9.99. The third kappa shape index (κ3) is 6.78. The molecule has 0 heterocycles. The quantitative estimate of drug-likeness (QED) is 0.432. The van der Waals surface area contributed by atoms with Gasteiger partial charge in [0.05, 0.1) is 13.2 Å². The lowest BCUT2D eigenvalue weighted by Crippen LogP contribution is -2.52. The number of nitrogens with zero attached hydrogens (tertiary/aromatic N) is 1. The number of benzene rings is 1. The van der Waals surface area contributed by atoms with Crippen LogP contribution in [0.2, 0.25) is 0 Å². The van der Waals surface area contributed by atoms with Crippen molar-refractivity contribution >= 4 is 5.97 Å². The minimum absolute atomic E-state index is 0.380. The zero-order valence-corrected chi connectivity index (χ0v) is 13.6. The molecule has 0 amide bonds. The van der Waals surface area contributed by atoms with Gasteiger partial charge in [-0.15, -0.1) is 0 Å². The van der Waals surface area contributed by atoms with Gasteiger partial charge in [0.2, 0.25) is 0 Å². The maximum absolute atomic E-state index is 11.9. The average molecular weight is 318 g/mol. The van der Waals surface area contributed by atoms with Crippen LogP contribution in [0.1, 0.15) is 24.8 Å². The number of nitrogens with one attached hydrogen (secondary N) is 1. The highest BCUT2D eigenvalue weighted by molar-refractivity contribution is 5.75. The zero-order valence-electron chi connectivity index (χ0n) is 13.6. The third-order valence-electron chi connectivity index (χ3n) is 3.69. The van der Waals surface area contributed by atoms with Gasteiger partial charge in [-0.2, -0.15) is 5.26 Å². The van der Waals surface area contributed by atoms with Crippen LogP contribution in [0.15, 0.2) is 30.3 Å². The van der Waals surface area contributed by atoms with Gasteiger partial charge in [0.15, 0.2) is 0 Å². The molecule has 23 heavy (non-hydrogen) atoms. The molecule has 6 heteroatoms. The zero-order chi connectivity index (χ0) is 17.1. The largest absolute Gasteiger partial charge is 0.468 e. The van der Waals surface area contributed by atoms with Gasteiger partial charge in [0.1, 0.15) is 12.1 Å². The molecule has 1 aromatic carbocycles. The molecule has 0 bridgehead atoms. The van der Waals surface area contributed by atoms with E-state index in [4.69, 9.17) is 16.2 Å². The van der Waals surface area contributed by atoms with Crippen LogP contribution in [-0.2, 0) is 16.0 Å². The maximum atomic E-state index is 11.9. The summed E-state index contributed by atoms with van der Waals surface area (Å²) < 4.78 is 4.80. The number of esters is 1. The molecule has 0 spiro atoms.